The van der Waals surface area contributed by atoms with Crippen LogP contribution in [-0.2, 0) is 22.4 Å². The number of nitrogens with zero attached hydrogens (tertiary/aromatic N) is 4. The Morgan fingerprint density at radius 2 is 1.49 bits per heavy atom. The fraction of sp³-hybridized carbons (Fsp3) is 0.545. The van der Waals surface area contributed by atoms with E-state index in [9.17, 15) is 14.4 Å². The predicted molar refractivity (Wildman–Crippen MR) is 180 cm³/mol. The van der Waals surface area contributed by atoms with Crippen LogP contribution in [-0.4, -0.2) is 115 Å². The Kier molecular flexibility index (Phi) is 10.6. The first-order valence-corrected chi connectivity index (χ1v) is 17.7. The van der Waals surface area contributed by atoms with Crippen LogP contribution in [0.25, 0.3) is 0 Å². The quantitative estimate of drug-likeness (QED) is 0.445. The van der Waals surface area contributed by atoms with E-state index in [-0.39, 0.29) is 18.0 Å². The average Bonchev–Trinajstić information content (AvgIpc) is 3.22. The van der Waals surface area contributed by atoms with Crippen molar-refractivity contribution in [2.24, 2.45) is 0 Å². The molecule has 3 fully saturated rings. The summed E-state index contributed by atoms with van der Waals surface area (Å²) in [5.41, 5.74) is 2.91. The van der Waals surface area contributed by atoms with E-state index in [2.05, 4.69) is 53.5 Å². The van der Waals surface area contributed by atoms with E-state index in [0.29, 0.717) is 58.0 Å². The summed E-state index contributed by atoms with van der Waals surface area (Å²) >= 11 is 7.09. The smallest absolute Gasteiger partial charge is 0.410 e. The summed E-state index contributed by atoms with van der Waals surface area (Å²) < 4.78 is 7.83. The Balaban J connectivity index is 1.07. The zero-order chi connectivity index (χ0) is 31.3. The zero-order valence-electron chi connectivity index (χ0n) is 25.6. The van der Waals surface area contributed by atoms with Crippen LogP contribution in [0.4, 0.5) is 15.3 Å². The number of benzene rings is 2. The summed E-state index contributed by atoms with van der Waals surface area (Å²) in [6.45, 7) is 7.02. The molecule has 2 N–H and O–H groups in total. The number of piperidine rings is 2. The number of fused-ring (bicyclic) bond motifs is 1. The first-order valence-electron chi connectivity index (χ1n) is 16.1. The Labute approximate surface area is 282 Å². The largest absolute Gasteiger partial charge is 0.436 e. The summed E-state index contributed by atoms with van der Waals surface area (Å²) in [6, 6.07) is 14.2. The molecule has 0 saturated carbocycles. The lowest BCUT2D eigenvalue weighted by atomic mass is 10.0. The van der Waals surface area contributed by atoms with Gasteiger partial charge in [-0.05, 0) is 67.5 Å². The van der Waals surface area contributed by atoms with Crippen LogP contribution in [0, 0.1) is 0 Å². The van der Waals surface area contributed by atoms with Crippen LogP contribution in [0.15, 0.2) is 51.4 Å². The number of ether oxygens (including phenoxy) is 1. The van der Waals surface area contributed by atoms with Gasteiger partial charge in [0.15, 0.2) is 6.10 Å². The summed E-state index contributed by atoms with van der Waals surface area (Å²) in [5.74, 6) is -0.131. The maximum absolute atomic E-state index is 13.9. The van der Waals surface area contributed by atoms with Gasteiger partial charge in [0, 0.05) is 92.0 Å². The predicted octanol–water partition coefficient (Wildman–Crippen LogP) is 4.71. The van der Waals surface area contributed by atoms with Crippen LogP contribution in [0.5, 0.6) is 0 Å². The van der Waals surface area contributed by atoms with Crippen molar-refractivity contribution >= 4 is 55.6 Å². The monoisotopic (exact) mass is 744 g/mol. The van der Waals surface area contributed by atoms with Crippen LogP contribution in [0.1, 0.15) is 36.8 Å². The number of piperazine rings is 1. The number of halogens is 2. The molecule has 4 aliphatic rings. The second-order valence-electron chi connectivity index (χ2n) is 12.4. The molecule has 4 heterocycles. The van der Waals surface area contributed by atoms with Gasteiger partial charge in [-0.3, -0.25) is 9.69 Å². The number of hydrogen-bond donors (Lipinski definition) is 2. The van der Waals surface area contributed by atoms with E-state index >= 15 is 0 Å². The molecule has 2 aromatic rings. The van der Waals surface area contributed by atoms with Crippen molar-refractivity contribution in [1.29, 1.82) is 0 Å². The number of carbonyl (C=O) groups excluding carboxylic acids is 3. The van der Waals surface area contributed by atoms with Crippen molar-refractivity contribution in [3.63, 3.8) is 0 Å². The molecule has 2 aromatic carbocycles. The number of urea groups is 1. The zero-order valence-corrected chi connectivity index (χ0v) is 28.7. The van der Waals surface area contributed by atoms with E-state index in [1.54, 1.807) is 4.90 Å². The summed E-state index contributed by atoms with van der Waals surface area (Å²) in [7, 11) is 0. The fourth-order valence-electron chi connectivity index (χ4n) is 7.12. The van der Waals surface area contributed by atoms with Crippen molar-refractivity contribution in [3.05, 3.63) is 62.5 Å². The minimum Gasteiger partial charge on any atom is -0.436 e. The van der Waals surface area contributed by atoms with E-state index in [1.165, 1.54) is 0 Å². The number of likely N-dealkylation sites (tertiary alicyclic amines) is 2. The highest BCUT2D eigenvalue weighted by Crippen LogP contribution is 2.27. The van der Waals surface area contributed by atoms with Crippen LogP contribution >= 0.6 is 31.9 Å². The van der Waals surface area contributed by atoms with Crippen molar-refractivity contribution in [2.45, 2.75) is 56.7 Å². The number of hydrogen-bond acceptors (Lipinski definition) is 6. The summed E-state index contributed by atoms with van der Waals surface area (Å²) in [5, 5.41) is 6.47. The molecule has 0 bridgehead atoms. The maximum atomic E-state index is 13.9. The second kappa shape index (κ2) is 14.8. The van der Waals surface area contributed by atoms with Gasteiger partial charge in [-0.1, -0.05) is 50.1 Å². The highest BCUT2D eigenvalue weighted by Gasteiger charge is 2.36. The van der Waals surface area contributed by atoms with Gasteiger partial charge >= 0.3 is 12.1 Å². The van der Waals surface area contributed by atoms with Crippen LogP contribution in [0.2, 0.25) is 0 Å². The minimum atomic E-state index is -0.915. The standard InChI is InChI=1S/C33H42Br2N6O4/c34-25-19-23(20-26(35)22-25)21-30(31(42)39-12-6-27(7-13-39)38-17-10-36-11-18-38)45-33(44)40-14-8-28(9-15-40)41-16-5-24-3-1-2-4-29(24)37-32(41)43/h1-4,19-20,22,27-28,30,36H,5-18,21H2,(H,37,43)/t30-/m1/s1. The van der Waals surface area contributed by atoms with Crippen LogP contribution < -0.4 is 10.6 Å². The topological polar surface area (TPSA) is 97.5 Å². The molecule has 4 aliphatic heterocycles. The van der Waals surface area contributed by atoms with Gasteiger partial charge in [-0.2, -0.15) is 0 Å². The van der Waals surface area contributed by atoms with Crippen molar-refractivity contribution in [2.75, 3.05) is 64.2 Å². The molecule has 0 radical (unpaired) electrons. The molecule has 3 saturated heterocycles. The first kappa shape index (κ1) is 32.3. The Hall–Kier alpha value is -2.67. The van der Waals surface area contributed by atoms with Crippen molar-refractivity contribution in [1.82, 2.24) is 24.9 Å². The lowest BCUT2D eigenvalue weighted by Crippen LogP contribution is -2.54. The SMILES string of the molecule is O=C(O[C@H](Cc1cc(Br)cc(Br)c1)C(=O)N1CCC(N2CCNCC2)CC1)N1CCC(N2CCc3ccccc3NC2=O)CC1. The third kappa shape index (κ3) is 8.01. The Morgan fingerprint density at radius 3 is 2.20 bits per heavy atom. The molecular weight excluding hydrogens is 704 g/mol. The minimum absolute atomic E-state index is 0.0387. The number of para-hydroxylation sites is 1. The van der Waals surface area contributed by atoms with Crippen molar-refractivity contribution in [3.8, 4) is 0 Å². The molecule has 45 heavy (non-hydrogen) atoms. The van der Waals surface area contributed by atoms with Gasteiger partial charge in [0.25, 0.3) is 5.91 Å². The molecular formula is C33H42Br2N6O4. The number of amides is 4. The Morgan fingerprint density at radius 1 is 0.844 bits per heavy atom. The molecule has 4 amide bonds. The first-order chi connectivity index (χ1) is 21.8. The third-order valence-electron chi connectivity index (χ3n) is 9.61. The van der Waals surface area contributed by atoms with Gasteiger partial charge in [-0.25, -0.2) is 9.59 Å². The summed E-state index contributed by atoms with van der Waals surface area (Å²) in [6.07, 6.45) is 2.89. The van der Waals surface area contributed by atoms with Gasteiger partial charge in [0.05, 0.1) is 0 Å². The van der Waals surface area contributed by atoms with Crippen LogP contribution in [0.3, 0.4) is 0 Å². The normalized spacial score (nSPS) is 21.1. The highest BCUT2D eigenvalue weighted by atomic mass is 79.9. The molecule has 0 aromatic heterocycles. The van der Waals surface area contributed by atoms with E-state index < -0.39 is 12.2 Å². The van der Waals surface area contributed by atoms with E-state index in [4.69, 9.17) is 4.74 Å². The lowest BCUT2D eigenvalue weighted by molar-refractivity contribution is -0.142. The average molecular weight is 747 g/mol. The molecule has 0 aliphatic carbocycles. The summed E-state index contributed by atoms with van der Waals surface area (Å²) in [4.78, 5) is 48.5. The lowest BCUT2D eigenvalue weighted by Gasteiger charge is -2.41. The Bertz CT molecular complexity index is 1350. The molecule has 10 nitrogen and oxygen atoms in total. The van der Waals surface area contributed by atoms with E-state index in [1.807, 2.05) is 46.2 Å². The fourth-order valence-corrected chi connectivity index (χ4v) is 8.51. The molecule has 242 valence electrons. The molecule has 0 unspecified atom stereocenters. The van der Waals surface area contributed by atoms with E-state index in [0.717, 1.165) is 71.2 Å². The third-order valence-corrected chi connectivity index (χ3v) is 10.5. The maximum Gasteiger partial charge on any atom is 0.410 e. The second-order valence-corrected chi connectivity index (χ2v) is 14.3. The molecule has 1 atom stereocenters. The number of nitrogens with one attached hydrogen (secondary N) is 2. The molecule has 6 rings (SSSR count). The molecule has 0 spiro atoms. The van der Waals surface area contributed by atoms with Crippen molar-refractivity contribution < 1.29 is 19.1 Å². The molecule has 12 heteroatoms. The number of anilines is 1. The van der Waals surface area contributed by atoms with Gasteiger partial charge < -0.3 is 30.1 Å². The van der Waals surface area contributed by atoms with Gasteiger partial charge in [-0.15, -0.1) is 0 Å². The van der Waals surface area contributed by atoms with Gasteiger partial charge in [0.2, 0.25) is 0 Å². The highest BCUT2D eigenvalue weighted by molar-refractivity contribution is 9.11. The van der Waals surface area contributed by atoms with Gasteiger partial charge in [0.1, 0.15) is 0 Å². The number of carbonyl (C=O) groups is 3. The number of rotatable bonds is 6.